The fraction of sp³-hybridized carbons (Fsp3) is 0.143. The molecule has 0 aliphatic rings. The number of nitrogens with one attached hydrogen (secondary N) is 1. The summed E-state index contributed by atoms with van der Waals surface area (Å²) < 4.78 is 5.00. The lowest BCUT2D eigenvalue weighted by molar-refractivity contribution is 0.402. The zero-order valence-corrected chi connectivity index (χ0v) is 7.09. The largest absolute Gasteiger partial charge is 0.479 e. The van der Waals surface area contributed by atoms with Crippen LogP contribution in [-0.2, 0) is 0 Å². The van der Waals surface area contributed by atoms with Crippen molar-refractivity contribution < 1.29 is 4.74 Å². The molecule has 4 nitrogen and oxygen atoms in total. The van der Waals surface area contributed by atoms with Gasteiger partial charge in [-0.2, -0.15) is 4.98 Å². The summed E-state index contributed by atoms with van der Waals surface area (Å²) in [5.74, 6) is 0.468. The first-order valence-electron chi connectivity index (χ1n) is 3.36. The van der Waals surface area contributed by atoms with E-state index in [1.165, 1.54) is 0 Å². The molecule has 0 spiro atoms. The summed E-state index contributed by atoms with van der Waals surface area (Å²) in [6, 6.07) is 1.81. The molecule has 12 heavy (non-hydrogen) atoms. The highest BCUT2D eigenvalue weighted by Crippen LogP contribution is 2.21. The highest BCUT2D eigenvalue weighted by atomic mass is 35.5. The normalized spacial score (nSPS) is 10.5. The van der Waals surface area contributed by atoms with Gasteiger partial charge < -0.3 is 9.72 Å². The zero-order valence-electron chi connectivity index (χ0n) is 6.34. The molecule has 0 fully saturated rings. The first kappa shape index (κ1) is 7.36. The van der Waals surface area contributed by atoms with Gasteiger partial charge in [0.1, 0.15) is 5.52 Å². The fourth-order valence-electron chi connectivity index (χ4n) is 1.04. The molecule has 0 radical (unpaired) electrons. The molecule has 0 aromatic carbocycles. The first-order chi connectivity index (χ1) is 5.81. The summed E-state index contributed by atoms with van der Waals surface area (Å²) in [4.78, 5) is 10.8. The molecule has 0 saturated carbocycles. The smallest absolute Gasteiger partial charge is 0.242 e. The third-order valence-corrected chi connectivity index (χ3v) is 1.71. The van der Waals surface area contributed by atoms with Gasteiger partial charge in [-0.25, -0.2) is 4.98 Å². The van der Waals surface area contributed by atoms with Crippen molar-refractivity contribution in [1.29, 1.82) is 0 Å². The molecule has 0 bridgehead atoms. The third-order valence-electron chi connectivity index (χ3n) is 1.54. The Labute approximate surface area is 73.5 Å². The summed E-state index contributed by atoms with van der Waals surface area (Å²) >= 11 is 5.64. The summed E-state index contributed by atoms with van der Waals surface area (Å²) in [7, 11) is 1.54. The summed E-state index contributed by atoms with van der Waals surface area (Å²) in [5.41, 5.74) is 1.52. The number of aromatic amines is 1. The molecule has 0 amide bonds. The maximum atomic E-state index is 5.64. The van der Waals surface area contributed by atoms with E-state index in [1.807, 2.05) is 6.07 Å². The molecule has 2 aromatic rings. The van der Waals surface area contributed by atoms with Crippen LogP contribution in [0.1, 0.15) is 0 Å². The molecule has 0 aliphatic carbocycles. The lowest BCUT2D eigenvalue weighted by Crippen LogP contribution is -1.91. The van der Waals surface area contributed by atoms with Crippen LogP contribution in [-0.4, -0.2) is 22.1 Å². The highest BCUT2D eigenvalue weighted by molar-refractivity contribution is 6.28. The van der Waals surface area contributed by atoms with E-state index < -0.39 is 0 Å². The van der Waals surface area contributed by atoms with Gasteiger partial charge >= 0.3 is 0 Å². The minimum absolute atomic E-state index is 0.193. The van der Waals surface area contributed by atoms with E-state index in [4.69, 9.17) is 16.3 Å². The number of methoxy groups -OCH3 is 1. The molecule has 0 unspecified atom stereocenters. The average molecular weight is 184 g/mol. The van der Waals surface area contributed by atoms with Crippen LogP contribution < -0.4 is 4.74 Å². The van der Waals surface area contributed by atoms with Gasteiger partial charge in [0.25, 0.3) is 0 Å². The van der Waals surface area contributed by atoms with E-state index in [0.29, 0.717) is 5.88 Å². The second-order valence-corrected chi connectivity index (χ2v) is 2.58. The summed E-state index contributed by atoms with van der Waals surface area (Å²) in [5, 5.41) is 0.193. The molecule has 62 valence electrons. The van der Waals surface area contributed by atoms with Gasteiger partial charge in [0.05, 0.1) is 12.6 Å². The van der Waals surface area contributed by atoms with Gasteiger partial charge in [-0.15, -0.1) is 0 Å². The second kappa shape index (κ2) is 2.64. The van der Waals surface area contributed by atoms with Gasteiger partial charge in [-0.05, 0) is 17.7 Å². The molecular weight excluding hydrogens is 178 g/mol. The van der Waals surface area contributed by atoms with Crippen molar-refractivity contribution in [1.82, 2.24) is 15.0 Å². The van der Waals surface area contributed by atoms with Crippen molar-refractivity contribution >= 4 is 22.6 Å². The van der Waals surface area contributed by atoms with Gasteiger partial charge in [0.2, 0.25) is 11.2 Å². The molecule has 2 heterocycles. The van der Waals surface area contributed by atoms with Crippen molar-refractivity contribution in [3.63, 3.8) is 0 Å². The van der Waals surface area contributed by atoms with E-state index >= 15 is 0 Å². The van der Waals surface area contributed by atoms with E-state index in [-0.39, 0.29) is 5.28 Å². The Bertz CT molecular complexity index is 412. The van der Waals surface area contributed by atoms with Crippen LogP contribution in [0.2, 0.25) is 5.28 Å². The second-order valence-electron chi connectivity index (χ2n) is 2.24. The van der Waals surface area contributed by atoms with E-state index in [9.17, 15) is 0 Å². The highest BCUT2D eigenvalue weighted by Gasteiger charge is 2.06. The number of aromatic nitrogens is 3. The quantitative estimate of drug-likeness (QED) is 0.684. The fourth-order valence-corrected chi connectivity index (χ4v) is 1.21. The Kier molecular flexibility index (Phi) is 1.62. The maximum absolute atomic E-state index is 5.64. The van der Waals surface area contributed by atoms with E-state index in [1.54, 1.807) is 13.3 Å². The molecular formula is C7H6ClN3O. The monoisotopic (exact) mass is 183 g/mol. The predicted octanol–water partition coefficient (Wildman–Crippen LogP) is 1.62. The lowest BCUT2D eigenvalue weighted by atomic mass is 10.4. The van der Waals surface area contributed by atoms with E-state index in [0.717, 1.165) is 11.0 Å². The molecule has 2 rings (SSSR count). The number of halogens is 1. The van der Waals surface area contributed by atoms with Crippen molar-refractivity contribution in [2.24, 2.45) is 0 Å². The van der Waals surface area contributed by atoms with Crippen LogP contribution in [0.5, 0.6) is 5.88 Å². The number of rotatable bonds is 1. The van der Waals surface area contributed by atoms with Crippen LogP contribution in [0.3, 0.4) is 0 Å². The summed E-state index contributed by atoms with van der Waals surface area (Å²) in [6.07, 6.45) is 1.76. The number of ether oxygens (including phenoxy) is 1. The van der Waals surface area contributed by atoms with Crippen molar-refractivity contribution in [3.8, 4) is 5.88 Å². The topological polar surface area (TPSA) is 50.8 Å². The number of nitrogens with zero attached hydrogens (tertiary/aromatic N) is 2. The van der Waals surface area contributed by atoms with Crippen molar-refractivity contribution in [2.75, 3.05) is 7.11 Å². The molecule has 0 atom stereocenters. The average Bonchev–Trinajstić information content (AvgIpc) is 2.50. The number of hydrogen-bond acceptors (Lipinski definition) is 3. The van der Waals surface area contributed by atoms with Gasteiger partial charge in [0, 0.05) is 6.20 Å². The van der Waals surface area contributed by atoms with Gasteiger partial charge in [-0.3, -0.25) is 0 Å². The van der Waals surface area contributed by atoms with Crippen LogP contribution in [0, 0.1) is 0 Å². The molecule has 0 saturated heterocycles. The number of hydrogen-bond donors (Lipinski definition) is 1. The Balaban J connectivity index is 2.80. The molecule has 2 aromatic heterocycles. The van der Waals surface area contributed by atoms with Gasteiger partial charge in [-0.1, -0.05) is 0 Å². The minimum atomic E-state index is 0.193. The Morgan fingerprint density at radius 3 is 3.08 bits per heavy atom. The third kappa shape index (κ3) is 1.00. The van der Waals surface area contributed by atoms with Crippen LogP contribution in [0.4, 0.5) is 0 Å². The standard InChI is InChI=1S/C7H6ClN3O/c1-12-6-5-4(2-3-9-5)10-7(8)11-6/h2-3,9H,1H3. The van der Waals surface area contributed by atoms with Crippen LogP contribution in [0.25, 0.3) is 11.0 Å². The summed E-state index contributed by atoms with van der Waals surface area (Å²) in [6.45, 7) is 0. The van der Waals surface area contributed by atoms with Crippen molar-refractivity contribution in [2.45, 2.75) is 0 Å². The van der Waals surface area contributed by atoms with Crippen LogP contribution in [0.15, 0.2) is 12.3 Å². The molecule has 1 N–H and O–H groups in total. The Morgan fingerprint density at radius 2 is 2.33 bits per heavy atom. The van der Waals surface area contributed by atoms with E-state index in [2.05, 4.69) is 15.0 Å². The molecule has 5 heteroatoms. The Hall–Kier alpha value is -1.29. The van der Waals surface area contributed by atoms with Crippen LogP contribution >= 0.6 is 11.6 Å². The van der Waals surface area contributed by atoms with Gasteiger partial charge in [0.15, 0.2) is 0 Å². The first-order valence-corrected chi connectivity index (χ1v) is 3.73. The molecule has 0 aliphatic heterocycles. The minimum Gasteiger partial charge on any atom is -0.479 e. The van der Waals surface area contributed by atoms with Crippen molar-refractivity contribution in [3.05, 3.63) is 17.5 Å². The number of H-pyrrole nitrogens is 1. The lowest BCUT2D eigenvalue weighted by Gasteiger charge is -1.99. The zero-order chi connectivity index (χ0) is 8.55. The maximum Gasteiger partial charge on any atom is 0.242 e. The number of fused-ring (bicyclic) bond motifs is 1. The SMILES string of the molecule is COc1nc(Cl)nc2cc[nH]c12. The predicted molar refractivity (Wildman–Crippen MR) is 45.5 cm³/mol. The Morgan fingerprint density at radius 1 is 1.50 bits per heavy atom.